The summed E-state index contributed by atoms with van der Waals surface area (Å²) in [4.78, 5) is 12.3. The molecule has 0 unspecified atom stereocenters. The zero-order chi connectivity index (χ0) is 20.9. The number of nitrogens with one attached hydrogen (secondary N) is 1. The molecule has 0 bridgehead atoms. The van der Waals surface area contributed by atoms with Crippen molar-refractivity contribution in [1.29, 1.82) is 0 Å². The van der Waals surface area contributed by atoms with Crippen molar-refractivity contribution >= 4 is 17.7 Å². The van der Waals surface area contributed by atoms with E-state index in [0.717, 1.165) is 6.20 Å². The van der Waals surface area contributed by atoms with Crippen molar-refractivity contribution in [1.82, 2.24) is 15.1 Å². The van der Waals surface area contributed by atoms with Crippen molar-refractivity contribution in [2.45, 2.75) is 11.9 Å². The molecule has 0 radical (unpaired) electrons. The first-order chi connectivity index (χ1) is 13.9. The molecule has 0 fully saturated rings. The van der Waals surface area contributed by atoms with Gasteiger partial charge in [-0.05, 0) is 23.8 Å². The topological polar surface area (TPSA) is 46.9 Å². The first kappa shape index (κ1) is 20.9. The largest absolute Gasteiger partial charge is 0.434 e. The van der Waals surface area contributed by atoms with Gasteiger partial charge in [-0.15, -0.1) is 0 Å². The molecule has 1 amide bonds. The zero-order valence-corrected chi connectivity index (χ0v) is 15.9. The van der Waals surface area contributed by atoms with Crippen LogP contribution < -0.4 is 5.32 Å². The fourth-order valence-electron chi connectivity index (χ4n) is 2.68. The average molecular weight is 423 g/mol. The molecule has 1 aromatic heterocycles. The molecule has 1 N–H and O–H groups in total. The summed E-state index contributed by atoms with van der Waals surface area (Å²) in [7, 11) is 0. The third-order valence-electron chi connectivity index (χ3n) is 4.03. The number of carbonyl (C=O) groups excluding carboxylic acids is 1. The van der Waals surface area contributed by atoms with E-state index in [0.29, 0.717) is 21.8 Å². The van der Waals surface area contributed by atoms with Crippen molar-refractivity contribution in [3.63, 3.8) is 0 Å². The predicted molar refractivity (Wildman–Crippen MR) is 103 cm³/mol. The number of alkyl halides is 3. The van der Waals surface area contributed by atoms with Crippen LogP contribution in [0, 0.1) is 5.82 Å². The van der Waals surface area contributed by atoms with Crippen molar-refractivity contribution in [3.8, 4) is 5.69 Å². The number of nitrogens with zero attached hydrogens (tertiary/aromatic N) is 2. The molecule has 3 rings (SSSR count). The maximum Gasteiger partial charge on any atom is 0.434 e. The van der Waals surface area contributed by atoms with Gasteiger partial charge in [0, 0.05) is 18.1 Å². The summed E-state index contributed by atoms with van der Waals surface area (Å²) in [5.74, 6) is -0.338. The van der Waals surface area contributed by atoms with E-state index in [-0.39, 0.29) is 18.0 Å². The first-order valence-electron chi connectivity index (χ1n) is 8.68. The second-order valence-corrected chi connectivity index (χ2v) is 7.16. The minimum atomic E-state index is -4.75. The second-order valence-electron chi connectivity index (χ2n) is 6.05. The van der Waals surface area contributed by atoms with Crippen LogP contribution in [0.4, 0.5) is 17.6 Å². The Balaban J connectivity index is 1.63. The molecule has 29 heavy (non-hydrogen) atoms. The van der Waals surface area contributed by atoms with Gasteiger partial charge in [-0.3, -0.25) is 4.79 Å². The lowest BCUT2D eigenvalue weighted by atomic mass is 10.2. The van der Waals surface area contributed by atoms with Gasteiger partial charge >= 0.3 is 6.18 Å². The third-order valence-corrected chi connectivity index (χ3v) is 5.04. The highest BCUT2D eigenvalue weighted by Crippen LogP contribution is 2.33. The van der Waals surface area contributed by atoms with E-state index in [2.05, 4.69) is 10.4 Å². The molecule has 1 heterocycles. The monoisotopic (exact) mass is 423 g/mol. The van der Waals surface area contributed by atoms with Crippen molar-refractivity contribution in [2.75, 3.05) is 12.3 Å². The van der Waals surface area contributed by atoms with E-state index < -0.39 is 23.3 Å². The molecule has 152 valence electrons. The van der Waals surface area contributed by atoms with Crippen molar-refractivity contribution in [3.05, 3.63) is 83.4 Å². The minimum absolute atomic E-state index is 0.145. The van der Waals surface area contributed by atoms with Crippen LogP contribution in [0.5, 0.6) is 0 Å². The van der Waals surface area contributed by atoms with Gasteiger partial charge in [-0.2, -0.15) is 30.0 Å². The van der Waals surface area contributed by atoms with E-state index >= 15 is 0 Å². The smallest absolute Gasteiger partial charge is 0.351 e. The van der Waals surface area contributed by atoms with Gasteiger partial charge in [0.15, 0.2) is 5.69 Å². The van der Waals surface area contributed by atoms with Gasteiger partial charge in [0.2, 0.25) is 0 Å². The average Bonchev–Trinajstić information content (AvgIpc) is 3.15. The fourth-order valence-corrected chi connectivity index (χ4v) is 3.53. The SMILES string of the molecule is O=C(NCCSCc1ccccc1F)c1cnn(-c2ccccc2)c1C(F)(F)F. The van der Waals surface area contributed by atoms with Crippen LogP contribution in [0.25, 0.3) is 5.69 Å². The van der Waals surface area contributed by atoms with E-state index in [9.17, 15) is 22.4 Å². The lowest BCUT2D eigenvalue weighted by molar-refractivity contribution is -0.143. The molecular formula is C20H17F4N3OS. The molecule has 0 aliphatic carbocycles. The summed E-state index contributed by atoms with van der Waals surface area (Å²) < 4.78 is 55.0. The Bertz CT molecular complexity index is 973. The van der Waals surface area contributed by atoms with Crippen LogP contribution in [0.3, 0.4) is 0 Å². The standard InChI is InChI=1S/C20H17F4N3OS/c21-17-9-5-4-6-14(17)13-29-11-10-25-19(28)16-12-26-27(18(16)20(22,23)24)15-7-2-1-3-8-15/h1-9,12H,10-11,13H2,(H,25,28). The number of aromatic nitrogens is 2. The summed E-state index contributed by atoms with van der Waals surface area (Å²) in [5, 5.41) is 6.23. The number of carbonyl (C=O) groups is 1. The Hall–Kier alpha value is -2.81. The molecule has 2 aromatic carbocycles. The van der Waals surface area contributed by atoms with Gasteiger partial charge in [-0.1, -0.05) is 36.4 Å². The number of amides is 1. The van der Waals surface area contributed by atoms with Crippen LogP contribution in [0.2, 0.25) is 0 Å². The Labute approximate surface area is 168 Å². The van der Waals surface area contributed by atoms with E-state index in [1.165, 1.54) is 30.0 Å². The minimum Gasteiger partial charge on any atom is -0.351 e. The molecule has 4 nitrogen and oxygen atoms in total. The third kappa shape index (κ3) is 5.17. The number of halogens is 4. The van der Waals surface area contributed by atoms with Gasteiger partial charge in [0.25, 0.3) is 5.91 Å². The Kier molecular flexibility index (Phi) is 6.58. The van der Waals surface area contributed by atoms with E-state index in [1.807, 2.05) is 0 Å². The number of para-hydroxylation sites is 1. The van der Waals surface area contributed by atoms with E-state index in [1.54, 1.807) is 36.4 Å². The molecule has 9 heteroatoms. The number of thioether (sulfide) groups is 1. The molecule has 0 atom stereocenters. The normalized spacial score (nSPS) is 11.4. The molecule has 0 saturated carbocycles. The van der Waals surface area contributed by atoms with Gasteiger partial charge < -0.3 is 5.32 Å². The molecule has 0 aliphatic rings. The number of hydrogen-bond acceptors (Lipinski definition) is 3. The number of rotatable bonds is 7. The van der Waals surface area contributed by atoms with Crippen molar-refractivity contribution in [2.24, 2.45) is 0 Å². The maximum atomic E-state index is 13.6. The summed E-state index contributed by atoms with van der Waals surface area (Å²) in [6.45, 7) is 0.145. The highest BCUT2D eigenvalue weighted by atomic mass is 32.2. The number of benzene rings is 2. The lowest BCUT2D eigenvalue weighted by Crippen LogP contribution is -2.28. The van der Waals surface area contributed by atoms with Crippen LogP contribution >= 0.6 is 11.8 Å². The Morgan fingerprint density at radius 2 is 1.76 bits per heavy atom. The Morgan fingerprint density at radius 3 is 2.45 bits per heavy atom. The maximum absolute atomic E-state index is 13.6. The second kappa shape index (κ2) is 9.13. The van der Waals surface area contributed by atoms with Crippen LogP contribution in [0.1, 0.15) is 21.6 Å². The van der Waals surface area contributed by atoms with Crippen LogP contribution in [-0.4, -0.2) is 28.0 Å². The molecular weight excluding hydrogens is 406 g/mol. The van der Waals surface area contributed by atoms with E-state index in [4.69, 9.17) is 0 Å². The zero-order valence-electron chi connectivity index (χ0n) is 15.1. The fraction of sp³-hybridized carbons (Fsp3) is 0.200. The molecule has 0 saturated heterocycles. The van der Waals surface area contributed by atoms with Crippen molar-refractivity contribution < 1.29 is 22.4 Å². The highest BCUT2D eigenvalue weighted by Gasteiger charge is 2.40. The highest BCUT2D eigenvalue weighted by molar-refractivity contribution is 7.98. The molecule has 0 aliphatic heterocycles. The summed E-state index contributed by atoms with van der Waals surface area (Å²) in [6.07, 6.45) is -3.84. The Morgan fingerprint density at radius 1 is 1.07 bits per heavy atom. The summed E-state index contributed by atoms with van der Waals surface area (Å²) in [5.41, 5.74) is -0.924. The first-order valence-corrected chi connectivity index (χ1v) is 9.83. The summed E-state index contributed by atoms with van der Waals surface area (Å²) >= 11 is 1.37. The van der Waals surface area contributed by atoms with Gasteiger partial charge in [0.1, 0.15) is 5.82 Å². The van der Waals surface area contributed by atoms with Crippen LogP contribution in [0.15, 0.2) is 60.8 Å². The van der Waals surface area contributed by atoms with Crippen LogP contribution in [-0.2, 0) is 11.9 Å². The van der Waals surface area contributed by atoms with Gasteiger partial charge in [-0.25, -0.2) is 9.07 Å². The molecule has 3 aromatic rings. The van der Waals surface area contributed by atoms with Gasteiger partial charge in [0.05, 0.1) is 17.4 Å². The predicted octanol–water partition coefficient (Wildman–Crippen LogP) is 4.69. The lowest BCUT2D eigenvalue weighted by Gasteiger charge is -2.12. The number of hydrogen-bond donors (Lipinski definition) is 1. The summed E-state index contributed by atoms with van der Waals surface area (Å²) in [6, 6.07) is 14.1. The quantitative estimate of drug-likeness (QED) is 0.443. The molecule has 0 spiro atoms.